The lowest BCUT2D eigenvalue weighted by atomic mass is 10.1. The van der Waals surface area contributed by atoms with Crippen molar-refractivity contribution in [2.45, 2.75) is 33.2 Å². The van der Waals surface area contributed by atoms with Crippen molar-refractivity contribution in [3.05, 3.63) is 29.0 Å². The molecule has 1 amide bonds. The van der Waals surface area contributed by atoms with Crippen LogP contribution in [0.1, 0.15) is 37.6 Å². The van der Waals surface area contributed by atoms with Gasteiger partial charge >= 0.3 is 0 Å². The summed E-state index contributed by atoms with van der Waals surface area (Å²) >= 11 is 5.96. The molecule has 0 aromatic carbocycles. The highest BCUT2D eigenvalue weighted by molar-refractivity contribution is 6.33. The predicted molar refractivity (Wildman–Crippen MR) is 65.7 cm³/mol. The molecule has 16 heavy (non-hydrogen) atoms. The molecular weight excluding hydrogens is 224 g/mol. The molecule has 0 radical (unpaired) electrons. The highest BCUT2D eigenvalue weighted by Gasteiger charge is 2.20. The minimum absolute atomic E-state index is 0.0238. The first kappa shape index (κ1) is 13.0. The second kappa shape index (κ2) is 5.85. The van der Waals surface area contributed by atoms with Gasteiger partial charge in [0, 0.05) is 25.0 Å². The number of carbonyl (C=O) groups is 1. The molecule has 0 aliphatic rings. The van der Waals surface area contributed by atoms with E-state index < -0.39 is 0 Å². The van der Waals surface area contributed by atoms with Crippen LogP contribution in [-0.4, -0.2) is 28.4 Å². The number of halogens is 1. The van der Waals surface area contributed by atoms with Gasteiger partial charge in [0.05, 0.1) is 10.6 Å². The zero-order valence-corrected chi connectivity index (χ0v) is 10.7. The number of amides is 1. The van der Waals surface area contributed by atoms with Crippen molar-refractivity contribution in [1.29, 1.82) is 0 Å². The maximum Gasteiger partial charge on any atom is 0.255 e. The Morgan fingerprint density at radius 2 is 2.25 bits per heavy atom. The van der Waals surface area contributed by atoms with E-state index in [0.717, 1.165) is 6.42 Å². The standard InChI is InChI=1S/C12H17ClN2O/c1-4-9(3)15(5-2)12(16)10-6-7-14-8-11(10)13/h6-9H,4-5H2,1-3H3. The third-order valence-electron chi connectivity index (χ3n) is 2.73. The molecule has 0 saturated heterocycles. The topological polar surface area (TPSA) is 33.2 Å². The van der Waals surface area contributed by atoms with E-state index >= 15 is 0 Å². The van der Waals surface area contributed by atoms with Gasteiger partial charge in [-0.25, -0.2) is 0 Å². The molecule has 4 heteroatoms. The van der Waals surface area contributed by atoms with E-state index in [4.69, 9.17) is 11.6 Å². The SMILES string of the molecule is CCC(C)N(CC)C(=O)c1ccncc1Cl. The van der Waals surface area contributed by atoms with Crippen LogP contribution in [0.15, 0.2) is 18.5 Å². The van der Waals surface area contributed by atoms with Gasteiger partial charge in [-0.3, -0.25) is 9.78 Å². The third-order valence-corrected chi connectivity index (χ3v) is 3.03. The number of nitrogens with zero attached hydrogens (tertiary/aromatic N) is 2. The molecule has 0 N–H and O–H groups in total. The molecule has 1 aromatic rings. The van der Waals surface area contributed by atoms with Gasteiger partial charge in [0.25, 0.3) is 5.91 Å². The molecule has 3 nitrogen and oxygen atoms in total. The van der Waals surface area contributed by atoms with Crippen LogP contribution >= 0.6 is 11.6 Å². The van der Waals surface area contributed by atoms with Gasteiger partial charge in [-0.1, -0.05) is 18.5 Å². The highest BCUT2D eigenvalue weighted by atomic mass is 35.5. The molecule has 0 spiro atoms. The average Bonchev–Trinajstić information content (AvgIpc) is 2.30. The van der Waals surface area contributed by atoms with E-state index in [-0.39, 0.29) is 11.9 Å². The maximum atomic E-state index is 12.2. The molecule has 0 aliphatic carbocycles. The number of pyridine rings is 1. The maximum absolute atomic E-state index is 12.2. The van der Waals surface area contributed by atoms with Crippen LogP contribution in [0.5, 0.6) is 0 Å². The Kier molecular flexibility index (Phi) is 4.74. The summed E-state index contributed by atoms with van der Waals surface area (Å²) in [5.41, 5.74) is 0.527. The molecule has 0 fully saturated rings. The van der Waals surface area contributed by atoms with Crippen LogP contribution < -0.4 is 0 Å². The molecule has 0 aliphatic heterocycles. The molecular formula is C12H17ClN2O. The second-order valence-electron chi connectivity index (χ2n) is 3.70. The largest absolute Gasteiger partial charge is 0.336 e. The summed E-state index contributed by atoms with van der Waals surface area (Å²) in [4.78, 5) is 17.9. The van der Waals surface area contributed by atoms with Gasteiger partial charge in [0.1, 0.15) is 0 Å². The van der Waals surface area contributed by atoms with Gasteiger partial charge in [0.15, 0.2) is 0 Å². The first-order valence-corrected chi connectivity index (χ1v) is 5.90. The summed E-state index contributed by atoms with van der Waals surface area (Å²) in [5.74, 6) is -0.0238. The van der Waals surface area contributed by atoms with E-state index in [1.54, 1.807) is 12.3 Å². The van der Waals surface area contributed by atoms with Crippen LogP contribution in [0.25, 0.3) is 0 Å². The third kappa shape index (κ3) is 2.73. The van der Waals surface area contributed by atoms with Crippen LogP contribution in [0, 0.1) is 0 Å². The van der Waals surface area contributed by atoms with E-state index in [0.29, 0.717) is 17.1 Å². The van der Waals surface area contributed by atoms with Gasteiger partial charge in [0.2, 0.25) is 0 Å². The quantitative estimate of drug-likeness (QED) is 0.811. The van der Waals surface area contributed by atoms with Crippen LogP contribution in [0.2, 0.25) is 5.02 Å². The molecule has 88 valence electrons. The van der Waals surface area contributed by atoms with Crippen molar-refractivity contribution in [3.8, 4) is 0 Å². The fraction of sp³-hybridized carbons (Fsp3) is 0.500. The Labute approximate surface area is 101 Å². The van der Waals surface area contributed by atoms with E-state index in [2.05, 4.69) is 11.9 Å². The smallest absolute Gasteiger partial charge is 0.255 e. The normalized spacial score (nSPS) is 12.2. The van der Waals surface area contributed by atoms with Gasteiger partial charge in [-0.05, 0) is 26.3 Å². The number of hydrogen-bond donors (Lipinski definition) is 0. The molecule has 0 bridgehead atoms. The van der Waals surface area contributed by atoms with Gasteiger partial charge in [-0.15, -0.1) is 0 Å². The lowest BCUT2D eigenvalue weighted by Crippen LogP contribution is -2.38. The number of carbonyl (C=O) groups excluding carboxylic acids is 1. The molecule has 0 saturated carbocycles. The van der Waals surface area contributed by atoms with Crippen molar-refractivity contribution in [2.24, 2.45) is 0 Å². The number of rotatable bonds is 4. The van der Waals surface area contributed by atoms with Crippen molar-refractivity contribution < 1.29 is 4.79 Å². The zero-order valence-electron chi connectivity index (χ0n) is 9.90. The Bertz CT molecular complexity index is 368. The van der Waals surface area contributed by atoms with E-state index in [9.17, 15) is 4.79 Å². The average molecular weight is 241 g/mol. The van der Waals surface area contributed by atoms with Gasteiger partial charge < -0.3 is 4.90 Å². The van der Waals surface area contributed by atoms with E-state index in [1.807, 2.05) is 18.7 Å². The van der Waals surface area contributed by atoms with Crippen LogP contribution in [0.3, 0.4) is 0 Å². The minimum atomic E-state index is -0.0238. The Morgan fingerprint density at radius 1 is 1.56 bits per heavy atom. The van der Waals surface area contributed by atoms with Gasteiger partial charge in [-0.2, -0.15) is 0 Å². The van der Waals surface area contributed by atoms with Crippen molar-refractivity contribution >= 4 is 17.5 Å². The van der Waals surface area contributed by atoms with Crippen LogP contribution in [-0.2, 0) is 0 Å². The molecule has 1 rings (SSSR count). The monoisotopic (exact) mass is 240 g/mol. The summed E-state index contributed by atoms with van der Waals surface area (Å²) in [6.45, 7) is 6.76. The summed E-state index contributed by atoms with van der Waals surface area (Å²) in [5, 5.41) is 0.411. The molecule has 1 atom stereocenters. The Balaban J connectivity index is 2.96. The summed E-state index contributed by atoms with van der Waals surface area (Å²) in [6, 6.07) is 1.89. The first-order chi connectivity index (χ1) is 7.61. The predicted octanol–water partition coefficient (Wildman–Crippen LogP) is 3.00. The fourth-order valence-corrected chi connectivity index (χ4v) is 1.78. The Morgan fingerprint density at radius 3 is 2.75 bits per heavy atom. The minimum Gasteiger partial charge on any atom is -0.336 e. The van der Waals surface area contributed by atoms with Crippen molar-refractivity contribution in [2.75, 3.05) is 6.54 Å². The Hall–Kier alpha value is -1.09. The second-order valence-corrected chi connectivity index (χ2v) is 4.11. The van der Waals surface area contributed by atoms with E-state index in [1.165, 1.54) is 6.20 Å². The fourth-order valence-electron chi connectivity index (χ4n) is 1.58. The number of hydrogen-bond acceptors (Lipinski definition) is 2. The molecule has 1 unspecified atom stereocenters. The lowest BCUT2D eigenvalue weighted by Gasteiger charge is -2.27. The van der Waals surface area contributed by atoms with Crippen LogP contribution in [0.4, 0.5) is 0 Å². The lowest BCUT2D eigenvalue weighted by molar-refractivity contribution is 0.0700. The summed E-state index contributed by atoms with van der Waals surface area (Å²) < 4.78 is 0. The summed E-state index contributed by atoms with van der Waals surface area (Å²) in [7, 11) is 0. The zero-order chi connectivity index (χ0) is 12.1. The molecule has 1 heterocycles. The highest BCUT2D eigenvalue weighted by Crippen LogP contribution is 2.17. The number of aromatic nitrogens is 1. The van der Waals surface area contributed by atoms with Crippen molar-refractivity contribution in [3.63, 3.8) is 0 Å². The summed E-state index contributed by atoms with van der Waals surface area (Å²) in [6.07, 6.45) is 4.02. The molecule has 1 aromatic heterocycles. The van der Waals surface area contributed by atoms with Crippen molar-refractivity contribution in [1.82, 2.24) is 9.88 Å². The first-order valence-electron chi connectivity index (χ1n) is 5.52.